The lowest BCUT2D eigenvalue weighted by atomic mass is 9.55. The van der Waals surface area contributed by atoms with Crippen LogP contribution in [0.2, 0.25) is 0 Å². The van der Waals surface area contributed by atoms with Crippen LogP contribution in [0.15, 0.2) is 18.2 Å². The Kier molecular flexibility index (Phi) is 5.14. The molecule has 4 heteroatoms. The largest absolute Gasteiger partial charge is 0.492 e. The Morgan fingerprint density at radius 3 is 2.89 bits per heavy atom. The SMILES string of the molecule is C[C@]12CCC3c4ccc(OCCN5CCNCC5)cc4CCC3C1CC[C@@H]2O. The van der Waals surface area contributed by atoms with Gasteiger partial charge in [-0.25, -0.2) is 0 Å². The molecule has 5 rings (SSSR count). The van der Waals surface area contributed by atoms with Crippen molar-refractivity contribution in [2.24, 2.45) is 17.3 Å². The fraction of sp³-hybridized carbons (Fsp3) is 0.750. The van der Waals surface area contributed by atoms with E-state index in [2.05, 4.69) is 35.3 Å². The molecular formula is C24H36N2O2. The fourth-order valence-corrected chi connectivity index (χ4v) is 6.85. The number of aliphatic hydroxyl groups excluding tert-OH is 1. The average molecular weight is 385 g/mol. The van der Waals surface area contributed by atoms with Crippen molar-refractivity contribution in [1.82, 2.24) is 10.2 Å². The molecule has 1 aromatic carbocycles. The maximum absolute atomic E-state index is 10.6. The van der Waals surface area contributed by atoms with Crippen LogP contribution in [-0.2, 0) is 6.42 Å². The van der Waals surface area contributed by atoms with E-state index in [1.54, 1.807) is 5.56 Å². The van der Waals surface area contributed by atoms with Crippen LogP contribution < -0.4 is 10.1 Å². The van der Waals surface area contributed by atoms with E-state index in [-0.39, 0.29) is 11.5 Å². The first-order valence-corrected chi connectivity index (χ1v) is 11.5. The summed E-state index contributed by atoms with van der Waals surface area (Å²) in [4.78, 5) is 2.48. The number of rotatable bonds is 4. The predicted octanol–water partition coefficient (Wildman–Crippen LogP) is 3.19. The summed E-state index contributed by atoms with van der Waals surface area (Å²) in [5.74, 6) is 3.22. The van der Waals surface area contributed by atoms with Gasteiger partial charge in [0.25, 0.3) is 0 Å². The van der Waals surface area contributed by atoms with Gasteiger partial charge in [-0.3, -0.25) is 4.90 Å². The van der Waals surface area contributed by atoms with Crippen molar-refractivity contribution >= 4 is 0 Å². The monoisotopic (exact) mass is 384 g/mol. The quantitative estimate of drug-likeness (QED) is 0.837. The Morgan fingerprint density at radius 1 is 1.18 bits per heavy atom. The summed E-state index contributed by atoms with van der Waals surface area (Å²) in [7, 11) is 0. The number of fused-ring (bicyclic) bond motifs is 5. The van der Waals surface area contributed by atoms with Gasteiger partial charge < -0.3 is 15.2 Å². The Bertz CT molecular complexity index is 702. The van der Waals surface area contributed by atoms with Crippen LogP contribution >= 0.6 is 0 Å². The van der Waals surface area contributed by atoms with E-state index in [0.717, 1.165) is 57.4 Å². The van der Waals surface area contributed by atoms with Crippen molar-refractivity contribution in [3.8, 4) is 5.75 Å². The number of aliphatic hydroxyl groups is 1. The summed E-state index contributed by atoms with van der Waals surface area (Å²) >= 11 is 0. The van der Waals surface area contributed by atoms with Gasteiger partial charge in [-0.2, -0.15) is 0 Å². The Balaban J connectivity index is 1.25. The van der Waals surface area contributed by atoms with Crippen molar-refractivity contribution < 1.29 is 9.84 Å². The molecule has 0 spiro atoms. The lowest BCUT2D eigenvalue weighted by Gasteiger charge is -2.50. The van der Waals surface area contributed by atoms with Crippen LogP contribution in [-0.4, -0.2) is 55.4 Å². The summed E-state index contributed by atoms with van der Waals surface area (Å²) in [6.45, 7) is 8.61. The number of piperazine rings is 1. The third-order valence-electron chi connectivity index (χ3n) is 8.53. The zero-order valence-corrected chi connectivity index (χ0v) is 17.3. The molecule has 2 N–H and O–H groups in total. The van der Waals surface area contributed by atoms with Crippen molar-refractivity contribution in [3.05, 3.63) is 29.3 Å². The van der Waals surface area contributed by atoms with Gasteiger partial charge in [0.1, 0.15) is 12.4 Å². The summed E-state index contributed by atoms with van der Waals surface area (Å²) in [6, 6.07) is 6.89. The molecule has 28 heavy (non-hydrogen) atoms. The van der Waals surface area contributed by atoms with E-state index in [4.69, 9.17) is 4.74 Å². The molecule has 4 aliphatic rings. The molecule has 3 aliphatic carbocycles. The van der Waals surface area contributed by atoms with Crippen LogP contribution in [0.5, 0.6) is 5.75 Å². The van der Waals surface area contributed by atoms with Crippen LogP contribution in [0.4, 0.5) is 0 Å². The summed E-state index contributed by atoms with van der Waals surface area (Å²) in [5, 5.41) is 14.0. The Labute approximate surface area is 169 Å². The van der Waals surface area contributed by atoms with E-state index < -0.39 is 0 Å². The highest BCUT2D eigenvalue weighted by Crippen LogP contribution is 2.60. The zero-order valence-electron chi connectivity index (χ0n) is 17.3. The molecule has 1 aromatic rings. The van der Waals surface area contributed by atoms with Crippen molar-refractivity contribution in [3.63, 3.8) is 0 Å². The minimum absolute atomic E-state index is 0.0775. The first-order valence-electron chi connectivity index (χ1n) is 11.5. The highest BCUT2D eigenvalue weighted by atomic mass is 16.5. The molecule has 0 aromatic heterocycles. The van der Waals surface area contributed by atoms with Gasteiger partial charge in [-0.1, -0.05) is 13.0 Å². The first-order chi connectivity index (χ1) is 13.6. The van der Waals surface area contributed by atoms with Crippen molar-refractivity contribution in [1.29, 1.82) is 0 Å². The second-order valence-corrected chi connectivity index (χ2v) is 9.85. The second kappa shape index (κ2) is 7.62. The fourth-order valence-electron chi connectivity index (χ4n) is 6.85. The minimum Gasteiger partial charge on any atom is -0.492 e. The number of aryl methyl sites for hydroxylation is 1. The summed E-state index contributed by atoms with van der Waals surface area (Å²) in [5.41, 5.74) is 3.27. The smallest absolute Gasteiger partial charge is 0.119 e. The lowest BCUT2D eigenvalue weighted by molar-refractivity contribution is -0.0226. The molecule has 3 unspecified atom stereocenters. The molecule has 0 radical (unpaired) electrons. The number of ether oxygens (including phenoxy) is 1. The van der Waals surface area contributed by atoms with Crippen molar-refractivity contribution in [2.75, 3.05) is 39.3 Å². The molecule has 5 atom stereocenters. The highest BCUT2D eigenvalue weighted by molar-refractivity contribution is 5.40. The number of nitrogens with zero attached hydrogens (tertiary/aromatic N) is 1. The maximum atomic E-state index is 10.6. The maximum Gasteiger partial charge on any atom is 0.119 e. The molecule has 2 saturated carbocycles. The van der Waals surface area contributed by atoms with Gasteiger partial charge in [0.2, 0.25) is 0 Å². The van der Waals surface area contributed by atoms with E-state index in [1.807, 2.05) is 0 Å². The van der Waals surface area contributed by atoms with E-state index >= 15 is 0 Å². The van der Waals surface area contributed by atoms with E-state index in [9.17, 15) is 5.11 Å². The Morgan fingerprint density at radius 2 is 2.04 bits per heavy atom. The first kappa shape index (κ1) is 18.9. The number of nitrogens with one attached hydrogen (secondary N) is 1. The van der Waals surface area contributed by atoms with Gasteiger partial charge in [0.15, 0.2) is 0 Å². The van der Waals surface area contributed by atoms with Gasteiger partial charge in [0.05, 0.1) is 6.10 Å². The molecule has 0 amide bonds. The molecule has 1 heterocycles. The zero-order chi connectivity index (χ0) is 19.1. The standard InChI is InChI=1S/C24H36N2O2/c1-24-9-8-20-19-5-3-18(28-15-14-26-12-10-25-11-13-26)16-17(19)2-4-21(20)22(24)6-7-23(24)27/h3,5,16,20-23,25,27H,2,4,6-15H2,1H3/t20?,21?,22?,23-,24-/m0/s1. The van der Waals surface area contributed by atoms with Crippen LogP contribution in [0.3, 0.4) is 0 Å². The third kappa shape index (κ3) is 3.28. The molecular weight excluding hydrogens is 348 g/mol. The molecule has 1 saturated heterocycles. The molecule has 154 valence electrons. The second-order valence-electron chi connectivity index (χ2n) is 9.85. The molecule has 0 bridgehead atoms. The summed E-state index contributed by atoms with van der Waals surface area (Å²) in [6.07, 6.45) is 7.04. The van der Waals surface area contributed by atoms with Crippen LogP contribution in [0, 0.1) is 17.3 Å². The van der Waals surface area contributed by atoms with E-state index in [1.165, 1.54) is 37.7 Å². The highest BCUT2D eigenvalue weighted by Gasteiger charge is 2.54. The molecule has 3 fully saturated rings. The van der Waals surface area contributed by atoms with Gasteiger partial charge in [-0.05, 0) is 85.0 Å². The predicted molar refractivity (Wildman–Crippen MR) is 112 cm³/mol. The Hall–Kier alpha value is -1.10. The van der Waals surface area contributed by atoms with Gasteiger partial charge >= 0.3 is 0 Å². The number of hydrogen-bond donors (Lipinski definition) is 2. The lowest BCUT2D eigenvalue weighted by Crippen LogP contribution is -2.44. The molecule has 1 aliphatic heterocycles. The number of hydrogen-bond acceptors (Lipinski definition) is 4. The molecule has 4 nitrogen and oxygen atoms in total. The normalized spacial score (nSPS) is 37.8. The van der Waals surface area contributed by atoms with Crippen LogP contribution in [0.1, 0.15) is 56.1 Å². The van der Waals surface area contributed by atoms with E-state index in [0.29, 0.717) is 11.8 Å². The van der Waals surface area contributed by atoms with Gasteiger partial charge in [0, 0.05) is 32.7 Å². The van der Waals surface area contributed by atoms with Crippen LogP contribution in [0.25, 0.3) is 0 Å². The minimum atomic E-state index is -0.0775. The topological polar surface area (TPSA) is 44.7 Å². The average Bonchev–Trinajstić information content (AvgIpc) is 3.03. The summed E-state index contributed by atoms with van der Waals surface area (Å²) < 4.78 is 6.12. The van der Waals surface area contributed by atoms with Gasteiger partial charge in [-0.15, -0.1) is 0 Å². The van der Waals surface area contributed by atoms with Crippen molar-refractivity contribution in [2.45, 2.75) is 57.5 Å². The number of benzene rings is 1. The third-order valence-corrected chi connectivity index (χ3v) is 8.53.